The molecule has 2 heterocycles. The van der Waals surface area contributed by atoms with Crippen molar-refractivity contribution in [3.63, 3.8) is 0 Å². The molecule has 2 aromatic carbocycles. The van der Waals surface area contributed by atoms with E-state index < -0.39 is 6.09 Å². The van der Waals surface area contributed by atoms with Crippen molar-refractivity contribution < 1.29 is 9.53 Å². The van der Waals surface area contributed by atoms with Crippen LogP contribution in [0.15, 0.2) is 55.1 Å². The van der Waals surface area contributed by atoms with Crippen molar-refractivity contribution in [2.75, 3.05) is 11.1 Å². The summed E-state index contributed by atoms with van der Waals surface area (Å²) in [6, 6.07) is 14.8. The number of nitrogens with one attached hydrogen (secondary N) is 1. The molecule has 1 aliphatic rings. The van der Waals surface area contributed by atoms with Gasteiger partial charge in [-0.2, -0.15) is 5.10 Å². The molecule has 0 saturated heterocycles. The van der Waals surface area contributed by atoms with E-state index >= 15 is 0 Å². The Balaban J connectivity index is 1.47. The number of aromatic nitrogens is 4. The number of rotatable bonds is 7. The third kappa shape index (κ3) is 4.35. The quantitative estimate of drug-likeness (QED) is 0.386. The van der Waals surface area contributed by atoms with Crippen LogP contribution in [0.3, 0.4) is 0 Å². The SMILES string of the molecule is CC(C)OC(=O)Nc1ccc(-c2c(N)c3ccc(CCn4cncn4)cc3n2C2CCC2)cc1. The van der Waals surface area contributed by atoms with Gasteiger partial charge in [0.05, 0.1) is 23.0 Å². The minimum Gasteiger partial charge on any atom is -0.447 e. The van der Waals surface area contributed by atoms with Crippen LogP contribution >= 0.6 is 0 Å². The first-order chi connectivity index (χ1) is 16.5. The average Bonchev–Trinajstić information content (AvgIpc) is 3.38. The van der Waals surface area contributed by atoms with Crippen LogP contribution in [0.25, 0.3) is 22.2 Å². The number of carbonyl (C=O) groups is 1. The van der Waals surface area contributed by atoms with Gasteiger partial charge in [-0.05, 0) is 63.3 Å². The van der Waals surface area contributed by atoms with Crippen LogP contribution in [0.1, 0.15) is 44.7 Å². The number of fused-ring (bicyclic) bond motifs is 1. The molecule has 5 rings (SSSR count). The summed E-state index contributed by atoms with van der Waals surface area (Å²) in [4.78, 5) is 16.0. The van der Waals surface area contributed by atoms with Gasteiger partial charge in [0.25, 0.3) is 0 Å². The minimum atomic E-state index is -0.454. The van der Waals surface area contributed by atoms with Crippen molar-refractivity contribution in [3.05, 3.63) is 60.7 Å². The van der Waals surface area contributed by atoms with E-state index in [4.69, 9.17) is 10.5 Å². The summed E-state index contributed by atoms with van der Waals surface area (Å²) in [5, 5.41) is 8.06. The summed E-state index contributed by atoms with van der Waals surface area (Å²) in [6.07, 6.45) is 7.09. The number of aryl methyl sites for hydroxylation is 2. The van der Waals surface area contributed by atoms with Gasteiger partial charge in [0.2, 0.25) is 0 Å². The lowest BCUT2D eigenvalue weighted by Gasteiger charge is -2.30. The highest BCUT2D eigenvalue weighted by Crippen LogP contribution is 2.44. The number of anilines is 2. The second-order valence-electron chi connectivity index (χ2n) is 9.13. The van der Waals surface area contributed by atoms with Crippen LogP contribution in [-0.2, 0) is 17.7 Å². The molecule has 4 aromatic rings. The number of nitrogens with zero attached hydrogens (tertiary/aromatic N) is 4. The number of nitrogens with two attached hydrogens (primary N) is 1. The first-order valence-corrected chi connectivity index (χ1v) is 11.8. The summed E-state index contributed by atoms with van der Waals surface area (Å²) >= 11 is 0. The van der Waals surface area contributed by atoms with Gasteiger partial charge < -0.3 is 15.0 Å². The monoisotopic (exact) mass is 458 g/mol. The second-order valence-corrected chi connectivity index (χ2v) is 9.13. The zero-order valence-corrected chi connectivity index (χ0v) is 19.6. The van der Waals surface area contributed by atoms with Crippen LogP contribution in [0.2, 0.25) is 0 Å². The molecule has 34 heavy (non-hydrogen) atoms. The summed E-state index contributed by atoms with van der Waals surface area (Å²) in [5.41, 5.74) is 12.7. The molecule has 8 nitrogen and oxygen atoms in total. The van der Waals surface area contributed by atoms with E-state index in [-0.39, 0.29) is 6.10 Å². The molecule has 1 aliphatic carbocycles. The molecule has 0 bridgehead atoms. The van der Waals surface area contributed by atoms with E-state index in [1.807, 2.05) is 42.8 Å². The van der Waals surface area contributed by atoms with E-state index in [1.165, 1.54) is 17.5 Å². The fourth-order valence-electron chi connectivity index (χ4n) is 4.52. The molecule has 3 N–H and O–H groups in total. The number of ether oxygens (including phenoxy) is 1. The lowest BCUT2D eigenvalue weighted by atomic mass is 9.92. The van der Waals surface area contributed by atoms with Crippen LogP contribution in [-0.4, -0.2) is 31.5 Å². The molecule has 1 amide bonds. The Hall–Kier alpha value is -3.81. The Morgan fingerprint density at radius 3 is 2.65 bits per heavy atom. The summed E-state index contributed by atoms with van der Waals surface area (Å²) in [5.74, 6) is 0. The van der Waals surface area contributed by atoms with Crippen molar-refractivity contribution in [3.8, 4) is 11.3 Å². The van der Waals surface area contributed by atoms with Crippen LogP contribution < -0.4 is 11.1 Å². The van der Waals surface area contributed by atoms with Gasteiger partial charge in [-0.1, -0.05) is 24.3 Å². The summed E-state index contributed by atoms with van der Waals surface area (Å²) < 4.78 is 9.44. The Morgan fingerprint density at radius 1 is 1.21 bits per heavy atom. The van der Waals surface area contributed by atoms with Crippen molar-refractivity contribution >= 4 is 28.4 Å². The molecule has 1 fully saturated rings. The lowest BCUT2D eigenvalue weighted by Crippen LogP contribution is -2.18. The summed E-state index contributed by atoms with van der Waals surface area (Å²) in [7, 11) is 0. The molecule has 1 saturated carbocycles. The average molecular weight is 459 g/mol. The zero-order chi connectivity index (χ0) is 23.7. The van der Waals surface area contributed by atoms with Crippen LogP contribution in [0.5, 0.6) is 0 Å². The first kappa shape index (κ1) is 22.0. The molecular formula is C26H30N6O2. The fourth-order valence-corrected chi connectivity index (χ4v) is 4.52. The van der Waals surface area contributed by atoms with Gasteiger partial charge in [-0.25, -0.2) is 9.78 Å². The number of benzene rings is 2. The first-order valence-electron chi connectivity index (χ1n) is 11.8. The van der Waals surface area contributed by atoms with Gasteiger partial charge in [-0.15, -0.1) is 0 Å². The Bertz CT molecular complexity index is 1290. The topological polar surface area (TPSA) is 100.0 Å². The molecular weight excluding hydrogens is 428 g/mol. The molecule has 8 heteroatoms. The van der Waals surface area contributed by atoms with E-state index in [0.717, 1.165) is 48.1 Å². The van der Waals surface area contributed by atoms with Gasteiger partial charge in [0, 0.05) is 29.2 Å². The van der Waals surface area contributed by atoms with E-state index in [9.17, 15) is 4.79 Å². The van der Waals surface area contributed by atoms with E-state index in [2.05, 4.69) is 38.2 Å². The van der Waals surface area contributed by atoms with Gasteiger partial charge in [-0.3, -0.25) is 10.00 Å². The number of hydrogen-bond acceptors (Lipinski definition) is 5. The smallest absolute Gasteiger partial charge is 0.411 e. The normalized spacial score (nSPS) is 13.9. The third-order valence-electron chi connectivity index (χ3n) is 6.39. The number of hydrogen-bond donors (Lipinski definition) is 2. The fraction of sp³-hybridized carbons (Fsp3) is 0.346. The Morgan fingerprint density at radius 2 is 2.00 bits per heavy atom. The molecule has 0 radical (unpaired) electrons. The van der Waals surface area contributed by atoms with Crippen molar-refractivity contribution in [2.24, 2.45) is 0 Å². The van der Waals surface area contributed by atoms with Gasteiger partial charge in [0.15, 0.2) is 0 Å². The molecule has 0 atom stereocenters. The van der Waals surface area contributed by atoms with Gasteiger partial charge in [0.1, 0.15) is 12.7 Å². The van der Waals surface area contributed by atoms with Crippen molar-refractivity contribution in [2.45, 2.75) is 58.2 Å². The van der Waals surface area contributed by atoms with Crippen molar-refractivity contribution in [1.82, 2.24) is 19.3 Å². The molecule has 2 aromatic heterocycles. The summed E-state index contributed by atoms with van der Waals surface area (Å²) in [6.45, 7) is 4.43. The second kappa shape index (κ2) is 9.21. The highest BCUT2D eigenvalue weighted by molar-refractivity contribution is 6.01. The van der Waals surface area contributed by atoms with Gasteiger partial charge >= 0.3 is 6.09 Å². The van der Waals surface area contributed by atoms with E-state index in [0.29, 0.717) is 11.7 Å². The lowest BCUT2D eigenvalue weighted by molar-refractivity contribution is 0.130. The van der Waals surface area contributed by atoms with Crippen molar-refractivity contribution in [1.29, 1.82) is 0 Å². The molecule has 0 aliphatic heterocycles. The van der Waals surface area contributed by atoms with Crippen LogP contribution in [0, 0.1) is 0 Å². The number of nitrogen functional groups attached to an aromatic ring is 1. The Labute approximate surface area is 198 Å². The predicted octanol–water partition coefficient (Wildman–Crippen LogP) is 5.41. The maximum atomic E-state index is 11.9. The number of amides is 1. The zero-order valence-electron chi connectivity index (χ0n) is 19.6. The maximum absolute atomic E-state index is 11.9. The number of carbonyl (C=O) groups excluding carboxylic acids is 1. The molecule has 176 valence electrons. The largest absolute Gasteiger partial charge is 0.447 e. The third-order valence-corrected chi connectivity index (χ3v) is 6.39. The highest BCUT2D eigenvalue weighted by atomic mass is 16.6. The molecule has 0 spiro atoms. The molecule has 0 unspecified atom stereocenters. The maximum Gasteiger partial charge on any atom is 0.411 e. The highest BCUT2D eigenvalue weighted by Gasteiger charge is 2.27. The van der Waals surface area contributed by atoms with Crippen LogP contribution in [0.4, 0.5) is 16.2 Å². The van der Waals surface area contributed by atoms with E-state index in [1.54, 1.807) is 12.7 Å². The Kier molecular flexibility index (Phi) is 5.96. The standard InChI is InChI=1S/C26H30N6O2/c1-17(2)34-26(33)30-20-9-7-19(8-10-20)25-24(27)22-11-6-18(12-13-31-16-28-15-29-31)14-23(22)32(25)21-4-3-5-21/h6-11,14-17,21H,3-5,12-13,27H2,1-2H3,(H,30,33). The minimum absolute atomic E-state index is 0.168. The predicted molar refractivity (Wildman–Crippen MR) is 134 cm³/mol.